The van der Waals surface area contributed by atoms with Gasteiger partial charge in [-0.25, -0.2) is 14.3 Å². The summed E-state index contributed by atoms with van der Waals surface area (Å²) in [4.78, 5) is 32.7. The topological polar surface area (TPSA) is 189 Å². The number of hydrogen-bond acceptors (Lipinski definition) is 8. The van der Waals surface area contributed by atoms with Crippen molar-refractivity contribution in [1.29, 1.82) is 0 Å². The summed E-state index contributed by atoms with van der Waals surface area (Å²) < 4.78 is 1.38. The number of anilines is 1. The fourth-order valence-corrected chi connectivity index (χ4v) is 2.86. The molecule has 0 fully saturated rings. The lowest BCUT2D eigenvalue weighted by molar-refractivity contribution is -0.657. The van der Waals surface area contributed by atoms with Crippen LogP contribution in [0.1, 0.15) is 5.56 Å². The molecule has 2 aromatic heterocycles. The highest BCUT2D eigenvalue weighted by atomic mass is 16.4. The number of nitrogens with one attached hydrogen (secondary N) is 2. The van der Waals surface area contributed by atoms with E-state index in [-0.39, 0.29) is 17.7 Å². The van der Waals surface area contributed by atoms with E-state index in [2.05, 4.69) is 15.0 Å². The molecule has 11 nitrogen and oxygen atoms in total. The number of aliphatic hydroxyl groups excluding tert-OH is 4. The largest absolute Gasteiger partial charge is 0.413 e. The summed E-state index contributed by atoms with van der Waals surface area (Å²) in [5.41, 5.74) is 6.34. The zero-order chi connectivity index (χ0) is 19.9. The standard InChI is InChI=1S/C16H19N5O6/c1-6-2-8-9(3-7(6)17)21(4-10(23)13(25)11(24)5-22)14-12(18-8)15(26)20-16(27)19-14/h2-3,10-11,13,22-25H,4-5H2,1H3,(H3,17,19,20,26,27)/p+1/t10-,11+,13-/m0/s1. The molecule has 0 amide bonds. The van der Waals surface area contributed by atoms with E-state index in [1.54, 1.807) is 19.1 Å². The summed E-state index contributed by atoms with van der Waals surface area (Å²) in [6.45, 7) is 0.706. The highest BCUT2D eigenvalue weighted by molar-refractivity contribution is 5.82. The predicted octanol–water partition coefficient (Wildman–Crippen LogP) is -2.98. The third-order valence-electron chi connectivity index (χ3n) is 4.40. The SMILES string of the molecule is Cc1cc2nc3c(=O)[nH]c(=O)[nH]c3[n+](C[C@H](O)[C@H](O)[C@H](O)CO)c2cc1N. The van der Waals surface area contributed by atoms with Gasteiger partial charge in [-0.15, -0.1) is 0 Å². The van der Waals surface area contributed by atoms with Gasteiger partial charge in [-0.05, 0) is 18.6 Å². The third-order valence-corrected chi connectivity index (χ3v) is 4.40. The number of hydrogen-bond donors (Lipinski definition) is 7. The van der Waals surface area contributed by atoms with E-state index in [0.717, 1.165) is 5.56 Å². The van der Waals surface area contributed by atoms with Crippen LogP contribution in [0.25, 0.3) is 22.2 Å². The number of nitrogen functional groups attached to an aromatic ring is 1. The molecule has 0 spiro atoms. The maximum Gasteiger partial charge on any atom is 0.413 e. The number of H-pyrrole nitrogens is 2. The molecule has 0 saturated heterocycles. The van der Waals surface area contributed by atoms with Gasteiger partial charge in [-0.2, -0.15) is 4.98 Å². The molecule has 0 aliphatic heterocycles. The number of fused-ring (bicyclic) bond motifs is 2. The fraction of sp³-hybridized carbons (Fsp3) is 0.375. The van der Waals surface area contributed by atoms with Gasteiger partial charge in [0.15, 0.2) is 5.52 Å². The average molecular weight is 378 g/mol. The summed E-state index contributed by atoms with van der Waals surface area (Å²) in [6.07, 6.45) is -4.73. The lowest BCUT2D eigenvalue weighted by atomic mass is 10.1. The van der Waals surface area contributed by atoms with Crippen molar-refractivity contribution in [3.05, 3.63) is 38.5 Å². The number of aromatic nitrogens is 4. The molecule has 27 heavy (non-hydrogen) atoms. The Labute approximate surface area is 151 Å². The van der Waals surface area contributed by atoms with Crippen LogP contribution in [-0.4, -0.2) is 60.3 Å². The monoisotopic (exact) mass is 378 g/mol. The zero-order valence-corrected chi connectivity index (χ0v) is 14.4. The van der Waals surface area contributed by atoms with Gasteiger partial charge in [0.05, 0.1) is 6.61 Å². The lowest BCUT2D eigenvalue weighted by Gasteiger charge is -2.21. The Kier molecular flexibility index (Phi) is 4.93. The van der Waals surface area contributed by atoms with E-state index in [1.807, 2.05) is 0 Å². The van der Waals surface area contributed by atoms with Crippen molar-refractivity contribution in [3.8, 4) is 0 Å². The van der Waals surface area contributed by atoms with Gasteiger partial charge in [-0.3, -0.25) is 9.78 Å². The van der Waals surface area contributed by atoms with E-state index in [1.165, 1.54) is 4.57 Å². The first-order valence-electron chi connectivity index (χ1n) is 8.14. The van der Waals surface area contributed by atoms with E-state index < -0.39 is 36.2 Å². The smallest absolute Gasteiger partial charge is 0.398 e. The van der Waals surface area contributed by atoms with Crippen LogP contribution < -0.4 is 21.5 Å². The zero-order valence-electron chi connectivity index (χ0n) is 14.4. The molecule has 3 rings (SSSR count). The van der Waals surface area contributed by atoms with Crippen LogP contribution in [0.5, 0.6) is 0 Å². The van der Waals surface area contributed by atoms with Crippen molar-refractivity contribution in [2.75, 3.05) is 12.3 Å². The van der Waals surface area contributed by atoms with Gasteiger partial charge in [-0.1, -0.05) is 0 Å². The molecule has 3 aromatic rings. The first kappa shape index (κ1) is 18.9. The van der Waals surface area contributed by atoms with E-state index in [4.69, 9.17) is 10.8 Å². The molecule has 11 heteroatoms. The quantitative estimate of drug-likeness (QED) is 0.139. The lowest BCUT2D eigenvalue weighted by Crippen LogP contribution is -2.51. The third kappa shape index (κ3) is 3.40. The maximum absolute atomic E-state index is 12.2. The van der Waals surface area contributed by atoms with Crippen LogP contribution in [0.2, 0.25) is 0 Å². The highest BCUT2D eigenvalue weighted by Crippen LogP contribution is 2.19. The summed E-state index contributed by atoms with van der Waals surface area (Å²) in [7, 11) is 0. The van der Waals surface area contributed by atoms with E-state index in [0.29, 0.717) is 16.7 Å². The summed E-state index contributed by atoms with van der Waals surface area (Å²) in [6, 6.07) is 3.22. The van der Waals surface area contributed by atoms with Gasteiger partial charge >= 0.3 is 11.3 Å². The number of nitrogens with two attached hydrogens (primary N) is 1. The van der Waals surface area contributed by atoms with E-state index >= 15 is 0 Å². The Morgan fingerprint density at radius 2 is 1.89 bits per heavy atom. The minimum Gasteiger partial charge on any atom is -0.398 e. The molecule has 3 atom stereocenters. The van der Waals surface area contributed by atoms with E-state index in [9.17, 15) is 24.9 Å². The molecular weight excluding hydrogens is 358 g/mol. The van der Waals surface area contributed by atoms with Crippen LogP contribution in [0, 0.1) is 6.92 Å². The van der Waals surface area contributed by atoms with Gasteiger partial charge in [0.2, 0.25) is 5.52 Å². The number of rotatable bonds is 5. The number of aryl methyl sites for hydroxylation is 1. The normalized spacial score (nSPS) is 15.1. The number of aliphatic hydroxyl groups is 4. The number of nitrogens with zero attached hydrogens (tertiary/aromatic N) is 2. The summed E-state index contributed by atoms with van der Waals surface area (Å²) in [5.74, 6) is 0. The van der Waals surface area contributed by atoms with Crippen LogP contribution in [0.15, 0.2) is 21.7 Å². The van der Waals surface area contributed by atoms with Crippen LogP contribution in [0.4, 0.5) is 5.69 Å². The first-order valence-corrected chi connectivity index (χ1v) is 8.14. The van der Waals surface area contributed by atoms with Gasteiger partial charge < -0.3 is 26.2 Å². The van der Waals surface area contributed by atoms with Crippen molar-refractivity contribution in [3.63, 3.8) is 0 Å². The number of aromatic amines is 2. The summed E-state index contributed by atoms with van der Waals surface area (Å²) >= 11 is 0. The fourth-order valence-electron chi connectivity index (χ4n) is 2.86. The van der Waals surface area contributed by atoms with Gasteiger partial charge in [0, 0.05) is 11.8 Å². The molecule has 2 heterocycles. The second-order valence-corrected chi connectivity index (χ2v) is 6.33. The van der Waals surface area contributed by atoms with Crippen molar-refractivity contribution in [2.24, 2.45) is 0 Å². The van der Waals surface area contributed by atoms with Gasteiger partial charge in [0.25, 0.3) is 5.56 Å². The van der Waals surface area contributed by atoms with Crippen molar-refractivity contribution in [2.45, 2.75) is 31.8 Å². The summed E-state index contributed by atoms with van der Waals surface area (Å²) in [5, 5.41) is 38.7. The van der Waals surface area contributed by atoms with Crippen molar-refractivity contribution >= 4 is 27.9 Å². The highest BCUT2D eigenvalue weighted by Gasteiger charge is 2.29. The Bertz CT molecular complexity index is 1120. The molecule has 0 saturated carbocycles. The molecule has 144 valence electrons. The molecule has 0 bridgehead atoms. The van der Waals surface area contributed by atoms with Crippen molar-refractivity contribution < 1.29 is 25.0 Å². The second-order valence-electron chi connectivity index (χ2n) is 6.33. The minimum absolute atomic E-state index is 0.0178. The van der Waals surface area contributed by atoms with Crippen LogP contribution in [-0.2, 0) is 6.54 Å². The molecule has 8 N–H and O–H groups in total. The van der Waals surface area contributed by atoms with Crippen molar-refractivity contribution in [1.82, 2.24) is 15.0 Å². The molecule has 0 aliphatic carbocycles. The predicted molar refractivity (Wildman–Crippen MR) is 94.9 cm³/mol. The van der Waals surface area contributed by atoms with Crippen LogP contribution >= 0.6 is 0 Å². The molecule has 0 aliphatic rings. The van der Waals surface area contributed by atoms with Crippen LogP contribution in [0.3, 0.4) is 0 Å². The number of benzene rings is 1. The Hall–Kier alpha value is -2.86. The second kappa shape index (κ2) is 7.04. The Morgan fingerprint density at radius 3 is 2.56 bits per heavy atom. The molecular formula is C16H20N5O6+. The average Bonchev–Trinajstić information content (AvgIpc) is 2.62. The Morgan fingerprint density at radius 1 is 1.19 bits per heavy atom. The first-order chi connectivity index (χ1) is 12.7. The Balaban J connectivity index is 2.30. The maximum atomic E-state index is 12.2. The minimum atomic E-state index is -1.66. The molecule has 0 radical (unpaired) electrons. The molecule has 0 unspecified atom stereocenters. The van der Waals surface area contributed by atoms with Gasteiger partial charge in [0.1, 0.15) is 30.4 Å². The molecule has 1 aromatic carbocycles.